The molecule has 3 aromatic rings. The molecular formula is C22H22N2O3S. The molecule has 0 fully saturated rings. The highest BCUT2D eigenvalue weighted by Crippen LogP contribution is 2.30. The third kappa shape index (κ3) is 4.17. The Labute approximate surface area is 168 Å². The van der Waals surface area contributed by atoms with Crippen molar-refractivity contribution in [3.8, 4) is 22.8 Å². The molecule has 144 valence electrons. The number of rotatable bonds is 6. The Morgan fingerprint density at radius 3 is 2.96 bits per heavy atom. The van der Waals surface area contributed by atoms with Crippen LogP contribution in [0.5, 0.6) is 11.5 Å². The third-order valence-corrected chi connectivity index (χ3v) is 5.71. The number of carbonyl (C=O) groups excluding carboxylic acids is 1. The second-order valence-corrected chi connectivity index (χ2v) is 7.66. The molecule has 0 unspecified atom stereocenters. The van der Waals surface area contributed by atoms with E-state index >= 15 is 0 Å². The third-order valence-electron chi connectivity index (χ3n) is 4.80. The van der Waals surface area contributed by atoms with Gasteiger partial charge in [0, 0.05) is 23.9 Å². The lowest BCUT2D eigenvalue weighted by Crippen LogP contribution is -2.38. The van der Waals surface area contributed by atoms with Crippen molar-refractivity contribution in [2.45, 2.75) is 12.8 Å². The van der Waals surface area contributed by atoms with Gasteiger partial charge in [-0.05, 0) is 30.2 Å². The number of nitrogens with one attached hydrogen (secondary N) is 1. The average molecular weight is 394 g/mol. The van der Waals surface area contributed by atoms with Crippen LogP contribution in [0.25, 0.3) is 11.3 Å². The first kappa shape index (κ1) is 18.5. The average Bonchev–Trinajstić information content (AvgIpc) is 3.22. The number of hydrogen-bond donors (Lipinski definition) is 1. The zero-order valence-corrected chi connectivity index (χ0v) is 16.5. The van der Waals surface area contributed by atoms with E-state index in [1.807, 2.05) is 36.4 Å². The van der Waals surface area contributed by atoms with Gasteiger partial charge in [0.05, 0.1) is 23.7 Å². The summed E-state index contributed by atoms with van der Waals surface area (Å²) in [6.07, 6.45) is 1.38. The number of ether oxygens (including phenoxy) is 2. The van der Waals surface area contributed by atoms with Crippen LogP contribution in [0.1, 0.15) is 10.6 Å². The standard InChI is InChI=1S/C22H22N2O3S/c1-26-18-7-8-20-16(12-18)11-17(13-27-20)22(25)23-10-9-21-24-19(14-28-21)15-5-3-2-4-6-15/h2-8,12,14,17H,9-11,13H2,1H3,(H,23,25)/t17-/m1/s1. The molecule has 1 aliphatic rings. The van der Waals surface area contributed by atoms with E-state index in [0.717, 1.165) is 39.7 Å². The number of thiazole rings is 1. The van der Waals surface area contributed by atoms with Crippen LogP contribution in [0.15, 0.2) is 53.9 Å². The molecule has 1 aromatic heterocycles. The summed E-state index contributed by atoms with van der Waals surface area (Å²) in [5, 5.41) is 6.11. The Bertz CT molecular complexity index is 955. The monoisotopic (exact) mass is 394 g/mol. The van der Waals surface area contributed by atoms with Crippen LogP contribution in [0.4, 0.5) is 0 Å². The maximum Gasteiger partial charge on any atom is 0.226 e. The Hall–Kier alpha value is -2.86. The lowest BCUT2D eigenvalue weighted by Gasteiger charge is -2.25. The maximum atomic E-state index is 12.5. The fraction of sp³-hybridized carbons (Fsp3) is 0.273. The topological polar surface area (TPSA) is 60.5 Å². The molecule has 4 rings (SSSR count). The SMILES string of the molecule is COc1ccc2c(c1)C[C@@H](C(=O)NCCc1nc(-c3ccccc3)cs1)CO2. The highest BCUT2D eigenvalue weighted by molar-refractivity contribution is 7.09. The van der Waals surface area contributed by atoms with Crippen LogP contribution in [0, 0.1) is 5.92 Å². The number of nitrogens with zero attached hydrogens (tertiary/aromatic N) is 1. The molecule has 0 saturated heterocycles. The molecule has 1 amide bonds. The number of benzene rings is 2. The Kier molecular flexibility index (Phi) is 5.58. The van der Waals surface area contributed by atoms with Crippen molar-refractivity contribution in [2.75, 3.05) is 20.3 Å². The number of fused-ring (bicyclic) bond motifs is 1. The van der Waals surface area contributed by atoms with Crippen LogP contribution >= 0.6 is 11.3 Å². The minimum Gasteiger partial charge on any atom is -0.497 e. The van der Waals surface area contributed by atoms with Crippen LogP contribution in [0.2, 0.25) is 0 Å². The molecule has 1 aliphatic heterocycles. The van der Waals surface area contributed by atoms with E-state index in [-0.39, 0.29) is 11.8 Å². The van der Waals surface area contributed by atoms with Gasteiger partial charge < -0.3 is 14.8 Å². The summed E-state index contributed by atoms with van der Waals surface area (Å²) in [6, 6.07) is 15.8. The van der Waals surface area contributed by atoms with Gasteiger partial charge in [0.1, 0.15) is 18.1 Å². The van der Waals surface area contributed by atoms with E-state index < -0.39 is 0 Å². The van der Waals surface area contributed by atoms with E-state index in [0.29, 0.717) is 19.6 Å². The van der Waals surface area contributed by atoms with Crippen LogP contribution < -0.4 is 14.8 Å². The molecule has 0 saturated carbocycles. The first-order chi connectivity index (χ1) is 13.7. The molecule has 2 heterocycles. The summed E-state index contributed by atoms with van der Waals surface area (Å²) in [4.78, 5) is 17.2. The van der Waals surface area contributed by atoms with Gasteiger partial charge in [-0.15, -0.1) is 11.3 Å². The number of methoxy groups -OCH3 is 1. The lowest BCUT2D eigenvalue weighted by molar-refractivity contribution is -0.126. The van der Waals surface area contributed by atoms with Crippen molar-refractivity contribution in [1.82, 2.24) is 10.3 Å². The van der Waals surface area contributed by atoms with Crippen molar-refractivity contribution in [3.63, 3.8) is 0 Å². The van der Waals surface area contributed by atoms with E-state index in [1.165, 1.54) is 0 Å². The molecule has 0 spiro atoms. The first-order valence-corrected chi connectivity index (χ1v) is 10.2. The van der Waals surface area contributed by atoms with Crippen LogP contribution in [0.3, 0.4) is 0 Å². The first-order valence-electron chi connectivity index (χ1n) is 9.30. The zero-order chi connectivity index (χ0) is 19.3. The Morgan fingerprint density at radius 2 is 2.14 bits per heavy atom. The highest BCUT2D eigenvalue weighted by Gasteiger charge is 2.26. The van der Waals surface area contributed by atoms with Gasteiger partial charge in [0.25, 0.3) is 0 Å². The van der Waals surface area contributed by atoms with Gasteiger partial charge in [-0.2, -0.15) is 0 Å². The van der Waals surface area contributed by atoms with Crippen LogP contribution in [-0.4, -0.2) is 31.2 Å². The van der Waals surface area contributed by atoms with Gasteiger partial charge in [-0.3, -0.25) is 4.79 Å². The number of hydrogen-bond acceptors (Lipinski definition) is 5. The molecule has 1 atom stereocenters. The van der Waals surface area contributed by atoms with Crippen molar-refractivity contribution in [3.05, 3.63) is 64.5 Å². The highest BCUT2D eigenvalue weighted by atomic mass is 32.1. The largest absolute Gasteiger partial charge is 0.497 e. The van der Waals surface area contributed by atoms with Gasteiger partial charge in [-0.25, -0.2) is 4.98 Å². The minimum absolute atomic E-state index is 0.0216. The Balaban J connectivity index is 1.30. The maximum absolute atomic E-state index is 12.5. The quantitative estimate of drug-likeness (QED) is 0.692. The second-order valence-electron chi connectivity index (χ2n) is 6.72. The van der Waals surface area contributed by atoms with E-state index in [1.54, 1.807) is 18.4 Å². The van der Waals surface area contributed by atoms with Crippen molar-refractivity contribution in [1.29, 1.82) is 0 Å². The van der Waals surface area contributed by atoms with Gasteiger partial charge in [-0.1, -0.05) is 30.3 Å². The normalized spacial score (nSPS) is 15.4. The van der Waals surface area contributed by atoms with E-state index in [9.17, 15) is 4.79 Å². The molecule has 28 heavy (non-hydrogen) atoms. The molecule has 5 nitrogen and oxygen atoms in total. The van der Waals surface area contributed by atoms with E-state index in [4.69, 9.17) is 9.47 Å². The summed E-state index contributed by atoms with van der Waals surface area (Å²) in [5.74, 6) is 1.45. The van der Waals surface area contributed by atoms with E-state index in [2.05, 4.69) is 27.8 Å². The smallest absolute Gasteiger partial charge is 0.226 e. The summed E-state index contributed by atoms with van der Waals surface area (Å²) < 4.78 is 11.0. The number of carbonyl (C=O) groups is 1. The molecule has 0 radical (unpaired) electrons. The van der Waals surface area contributed by atoms with Crippen LogP contribution in [-0.2, 0) is 17.6 Å². The van der Waals surface area contributed by atoms with Crippen molar-refractivity contribution < 1.29 is 14.3 Å². The molecule has 2 aromatic carbocycles. The summed E-state index contributed by atoms with van der Waals surface area (Å²) in [6.45, 7) is 0.975. The number of aromatic nitrogens is 1. The van der Waals surface area contributed by atoms with Crippen molar-refractivity contribution >= 4 is 17.2 Å². The fourth-order valence-electron chi connectivity index (χ4n) is 3.27. The summed E-state index contributed by atoms with van der Waals surface area (Å²) >= 11 is 1.63. The lowest BCUT2D eigenvalue weighted by atomic mass is 9.96. The summed E-state index contributed by atoms with van der Waals surface area (Å²) in [5.41, 5.74) is 3.11. The number of amides is 1. The predicted molar refractivity (Wildman–Crippen MR) is 110 cm³/mol. The molecule has 1 N–H and O–H groups in total. The Morgan fingerprint density at radius 1 is 1.29 bits per heavy atom. The van der Waals surface area contributed by atoms with Gasteiger partial charge in [0.2, 0.25) is 5.91 Å². The molecule has 0 aliphatic carbocycles. The molecular weight excluding hydrogens is 372 g/mol. The minimum atomic E-state index is -0.184. The summed E-state index contributed by atoms with van der Waals surface area (Å²) in [7, 11) is 1.64. The predicted octanol–water partition coefficient (Wildman–Crippen LogP) is 3.73. The van der Waals surface area contributed by atoms with Crippen molar-refractivity contribution in [2.24, 2.45) is 5.92 Å². The van der Waals surface area contributed by atoms with Gasteiger partial charge >= 0.3 is 0 Å². The fourth-order valence-corrected chi connectivity index (χ4v) is 4.08. The molecule has 0 bridgehead atoms. The zero-order valence-electron chi connectivity index (χ0n) is 15.7. The van der Waals surface area contributed by atoms with Gasteiger partial charge in [0.15, 0.2) is 0 Å². The molecule has 6 heteroatoms. The second kappa shape index (κ2) is 8.44.